The van der Waals surface area contributed by atoms with Gasteiger partial charge in [0.2, 0.25) is 0 Å². The maximum atomic E-state index is 6.22. The lowest BCUT2D eigenvalue weighted by Gasteiger charge is -2.12. The fourth-order valence-electron chi connectivity index (χ4n) is 2.12. The molecule has 0 radical (unpaired) electrons. The summed E-state index contributed by atoms with van der Waals surface area (Å²) in [5, 5.41) is 3.84. The topological polar surface area (TPSA) is 47.0 Å². The van der Waals surface area contributed by atoms with E-state index in [2.05, 4.69) is 15.3 Å². The zero-order valence-electron chi connectivity index (χ0n) is 12.2. The third-order valence-electron chi connectivity index (χ3n) is 3.45. The molecule has 1 aliphatic rings. The van der Waals surface area contributed by atoms with Gasteiger partial charge in [-0.15, -0.1) is 0 Å². The molecule has 1 aromatic carbocycles. The number of nitrogens with one attached hydrogen (secondary N) is 1. The van der Waals surface area contributed by atoms with E-state index in [-0.39, 0.29) is 0 Å². The summed E-state index contributed by atoms with van der Waals surface area (Å²) < 4.78 is 5.51. The van der Waals surface area contributed by atoms with Crippen LogP contribution < -0.4 is 10.1 Å². The van der Waals surface area contributed by atoms with Gasteiger partial charge in [0.15, 0.2) is 0 Å². The summed E-state index contributed by atoms with van der Waals surface area (Å²) in [5.41, 5.74) is 1.79. The van der Waals surface area contributed by atoms with E-state index in [1.54, 1.807) is 0 Å². The van der Waals surface area contributed by atoms with Crippen LogP contribution in [0.1, 0.15) is 37.1 Å². The number of benzene rings is 1. The Hall–Kier alpha value is -1.81. The molecule has 5 heteroatoms. The van der Waals surface area contributed by atoms with E-state index in [0.29, 0.717) is 17.7 Å². The van der Waals surface area contributed by atoms with E-state index >= 15 is 0 Å². The Labute approximate surface area is 129 Å². The molecule has 0 atom stereocenters. The second-order valence-corrected chi connectivity index (χ2v) is 5.56. The molecule has 1 N–H and O–H groups in total. The SMILES string of the molecule is CCOc1cccc(Nc2nc(C3CC3)nc(Cl)c2C)c1. The molecule has 4 nitrogen and oxygen atoms in total. The third kappa shape index (κ3) is 3.27. The van der Waals surface area contributed by atoms with Crippen LogP contribution in [0.5, 0.6) is 5.75 Å². The van der Waals surface area contributed by atoms with Crippen LogP contribution in [-0.4, -0.2) is 16.6 Å². The first-order chi connectivity index (χ1) is 10.2. The molecule has 0 spiro atoms. The monoisotopic (exact) mass is 303 g/mol. The Kier molecular flexibility index (Phi) is 3.97. The van der Waals surface area contributed by atoms with Crippen molar-refractivity contribution in [1.29, 1.82) is 0 Å². The molecule has 1 fully saturated rings. The minimum absolute atomic E-state index is 0.471. The summed E-state index contributed by atoms with van der Waals surface area (Å²) >= 11 is 6.22. The zero-order chi connectivity index (χ0) is 14.8. The lowest BCUT2D eigenvalue weighted by Crippen LogP contribution is -2.03. The molecule has 2 aromatic rings. The van der Waals surface area contributed by atoms with Gasteiger partial charge < -0.3 is 10.1 Å². The van der Waals surface area contributed by atoms with Crippen LogP contribution in [0.3, 0.4) is 0 Å². The number of halogens is 1. The number of rotatable bonds is 5. The second kappa shape index (κ2) is 5.90. The first-order valence-corrected chi connectivity index (χ1v) is 7.59. The van der Waals surface area contributed by atoms with Gasteiger partial charge in [0.25, 0.3) is 0 Å². The fourth-order valence-corrected chi connectivity index (χ4v) is 2.29. The molecule has 0 saturated heterocycles. The predicted octanol–water partition coefficient (Wildman–Crippen LogP) is 4.46. The standard InChI is InChI=1S/C16H18ClN3O/c1-3-21-13-6-4-5-12(9-13)18-15-10(2)14(17)19-16(20-15)11-7-8-11/h4-6,9,11H,3,7-8H2,1-2H3,(H,18,19,20). The molecule has 21 heavy (non-hydrogen) atoms. The van der Waals surface area contributed by atoms with Crippen molar-refractivity contribution in [3.05, 3.63) is 40.8 Å². The smallest absolute Gasteiger partial charge is 0.138 e. The summed E-state index contributed by atoms with van der Waals surface area (Å²) in [4.78, 5) is 8.99. The molecule has 0 bridgehead atoms. The van der Waals surface area contributed by atoms with E-state index in [1.807, 2.05) is 38.1 Å². The Morgan fingerprint density at radius 1 is 1.33 bits per heavy atom. The van der Waals surface area contributed by atoms with Crippen LogP contribution in [0, 0.1) is 6.92 Å². The highest BCUT2D eigenvalue weighted by atomic mass is 35.5. The highest BCUT2D eigenvalue weighted by molar-refractivity contribution is 6.30. The van der Waals surface area contributed by atoms with Gasteiger partial charge in [-0.2, -0.15) is 0 Å². The molecular formula is C16H18ClN3O. The van der Waals surface area contributed by atoms with Gasteiger partial charge in [-0.25, -0.2) is 9.97 Å². The van der Waals surface area contributed by atoms with Crippen molar-refractivity contribution in [2.75, 3.05) is 11.9 Å². The van der Waals surface area contributed by atoms with Gasteiger partial charge in [0.1, 0.15) is 22.5 Å². The Bertz CT molecular complexity index is 656. The quantitative estimate of drug-likeness (QED) is 0.829. The lowest BCUT2D eigenvalue weighted by molar-refractivity contribution is 0.340. The Morgan fingerprint density at radius 2 is 2.14 bits per heavy atom. The van der Waals surface area contributed by atoms with Gasteiger partial charge in [0.05, 0.1) is 6.61 Å². The first kappa shape index (κ1) is 14.1. The third-order valence-corrected chi connectivity index (χ3v) is 3.82. The van der Waals surface area contributed by atoms with E-state index in [0.717, 1.165) is 41.5 Å². The Morgan fingerprint density at radius 3 is 2.86 bits per heavy atom. The minimum Gasteiger partial charge on any atom is -0.494 e. The van der Waals surface area contributed by atoms with Crippen molar-refractivity contribution in [2.24, 2.45) is 0 Å². The number of aromatic nitrogens is 2. The van der Waals surface area contributed by atoms with E-state index in [9.17, 15) is 0 Å². The van der Waals surface area contributed by atoms with Crippen LogP contribution in [-0.2, 0) is 0 Å². The number of ether oxygens (including phenoxy) is 1. The van der Waals surface area contributed by atoms with Crippen molar-refractivity contribution in [2.45, 2.75) is 32.6 Å². The molecule has 0 unspecified atom stereocenters. The number of hydrogen-bond acceptors (Lipinski definition) is 4. The molecule has 1 aliphatic carbocycles. The average Bonchev–Trinajstić information content (AvgIpc) is 3.29. The van der Waals surface area contributed by atoms with Crippen LogP contribution in [0.15, 0.2) is 24.3 Å². The molecule has 1 heterocycles. The number of nitrogens with zero attached hydrogens (tertiary/aromatic N) is 2. The van der Waals surface area contributed by atoms with Crippen molar-refractivity contribution < 1.29 is 4.74 Å². The largest absolute Gasteiger partial charge is 0.494 e. The normalized spacial score (nSPS) is 14.0. The molecule has 3 rings (SSSR count). The predicted molar refractivity (Wildman–Crippen MR) is 84.6 cm³/mol. The van der Waals surface area contributed by atoms with Crippen LogP contribution >= 0.6 is 11.6 Å². The van der Waals surface area contributed by atoms with Crippen LogP contribution in [0.2, 0.25) is 5.15 Å². The van der Waals surface area contributed by atoms with Gasteiger partial charge in [-0.1, -0.05) is 17.7 Å². The molecule has 0 aliphatic heterocycles. The molecule has 1 aromatic heterocycles. The van der Waals surface area contributed by atoms with Gasteiger partial charge in [0, 0.05) is 23.2 Å². The van der Waals surface area contributed by atoms with E-state index in [1.165, 1.54) is 0 Å². The van der Waals surface area contributed by atoms with E-state index in [4.69, 9.17) is 16.3 Å². The summed E-state index contributed by atoms with van der Waals surface area (Å²) in [6, 6.07) is 7.82. The molecule has 0 amide bonds. The van der Waals surface area contributed by atoms with Gasteiger partial charge in [-0.05, 0) is 38.8 Å². The van der Waals surface area contributed by atoms with Crippen LogP contribution in [0.25, 0.3) is 0 Å². The molecule has 110 valence electrons. The lowest BCUT2D eigenvalue weighted by atomic mass is 10.2. The van der Waals surface area contributed by atoms with Crippen molar-refractivity contribution >= 4 is 23.1 Å². The van der Waals surface area contributed by atoms with Crippen LogP contribution in [0.4, 0.5) is 11.5 Å². The van der Waals surface area contributed by atoms with E-state index < -0.39 is 0 Å². The summed E-state index contributed by atoms with van der Waals surface area (Å²) in [6.07, 6.45) is 2.30. The zero-order valence-corrected chi connectivity index (χ0v) is 12.9. The summed E-state index contributed by atoms with van der Waals surface area (Å²) in [7, 11) is 0. The highest BCUT2D eigenvalue weighted by Gasteiger charge is 2.28. The first-order valence-electron chi connectivity index (χ1n) is 7.21. The average molecular weight is 304 g/mol. The molecule has 1 saturated carbocycles. The summed E-state index contributed by atoms with van der Waals surface area (Å²) in [5.74, 6) is 2.92. The number of hydrogen-bond donors (Lipinski definition) is 1. The minimum atomic E-state index is 0.471. The van der Waals surface area contributed by atoms with Crippen molar-refractivity contribution in [3.63, 3.8) is 0 Å². The van der Waals surface area contributed by atoms with Gasteiger partial charge in [-0.3, -0.25) is 0 Å². The fraction of sp³-hybridized carbons (Fsp3) is 0.375. The maximum absolute atomic E-state index is 6.22. The summed E-state index contributed by atoms with van der Waals surface area (Å²) in [6.45, 7) is 4.54. The second-order valence-electron chi connectivity index (χ2n) is 5.21. The number of anilines is 2. The molecular weight excluding hydrogens is 286 g/mol. The maximum Gasteiger partial charge on any atom is 0.138 e. The highest BCUT2D eigenvalue weighted by Crippen LogP contribution is 2.39. The van der Waals surface area contributed by atoms with Gasteiger partial charge >= 0.3 is 0 Å². The van der Waals surface area contributed by atoms with Crippen molar-refractivity contribution in [3.8, 4) is 5.75 Å². The Balaban J connectivity index is 1.88. The van der Waals surface area contributed by atoms with Crippen molar-refractivity contribution in [1.82, 2.24) is 9.97 Å².